The lowest BCUT2D eigenvalue weighted by Crippen LogP contribution is -2.29. The molecule has 0 fully saturated rings. The van der Waals surface area contributed by atoms with Crippen molar-refractivity contribution >= 4 is 34.0 Å². The van der Waals surface area contributed by atoms with Gasteiger partial charge in [-0.3, -0.25) is 0 Å². The molecule has 0 atom stereocenters. The molecule has 8 aromatic carbocycles. The third-order valence-electron chi connectivity index (χ3n) is 14.2. The number of benzene rings is 8. The van der Waals surface area contributed by atoms with Crippen molar-refractivity contribution < 1.29 is 0 Å². The molecular weight excluding hydrogens is 761 g/mol. The van der Waals surface area contributed by atoms with Crippen LogP contribution in [0.1, 0.15) is 57.6 Å². The van der Waals surface area contributed by atoms with Gasteiger partial charge in [-0.25, -0.2) is 0 Å². The first-order valence-corrected chi connectivity index (χ1v) is 22.5. The molecule has 0 unspecified atom stereocenters. The highest BCUT2D eigenvalue weighted by molar-refractivity contribution is 5.94. The Morgan fingerprint density at radius 1 is 0.365 bits per heavy atom. The van der Waals surface area contributed by atoms with Crippen molar-refractivity contribution in [1.82, 2.24) is 9.13 Å². The minimum absolute atomic E-state index is 0.640. The lowest BCUT2D eigenvalue weighted by molar-refractivity contribution is 0.766. The highest BCUT2D eigenvalue weighted by Gasteiger charge is 2.47. The maximum atomic E-state index is 2.52. The predicted molar refractivity (Wildman–Crippen MR) is 263 cm³/mol. The van der Waals surface area contributed by atoms with E-state index < -0.39 is 5.41 Å². The molecule has 2 aromatic heterocycles. The number of rotatable bonds is 6. The SMILES string of the molecule is C1=Cc2c(c3ccccc3n2-c2ccc3c(c2)C(c2ccc(-c4ccccc4)cc2)(c2ccc(-c4ccccc4)cc2)c2cc(-n4c5c(c6ccccc64)CCC=C5)ccc2-3)CC1. The van der Waals surface area contributed by atoms with E-state index in [1.54, 1.807) is 0 Å². The zero-order chi connectivity index (χ0) is 41.5. The van der Waals surface area contributed by atoms with E-state index in [2.05, 4.69) is 228 Å². The number of hydrogen-bond acceptors (Lipinski definition) is 0. The molecule has 0 spiro atoms. The van der Waals surface area contributed by atoms with Crippen LogP contribution in [0.3, 0.4) is 0 Å². The van der Waals surface area contributed by atoms with Gasteiger partial charge in [-0.15, -0.1) is 0 Å². The van der Waals surface area contributed by atoms with Gasteiger partial charge >= 0.3 is 0 Å². The number of hydrogen-bond donors (Lipinski definition) is 0. The molecule has 0 bridgehead atoms. The number of aromatic nitrogens is 2. The molecular formula is C61H44N2. The molecule has 3 aliphatic rings. The molecule has 3 aliphatic carbocycles. The number of fused-ring (bicyclic) bond motifs is 9. The van der Waals surface area contributed by atoms with Gasteiger partial charge in [0.2, 0.25) is 0 Å². The highest BCUT2D eigenvalue weighted by atomic mass is 15.0. The van der Waals surface area contributed by atoms with Crippen molar-refractivity contribution in [3.63, 3.8) is 0 Å². The summed E-state index contributed by atoms with van der Waals surface area (Å²) in [6, 6.07) is 73.0. The summed E-state index contributed by atoms with van der Waals surface area (Å²) in [5.41, 5.74) is 22.3. The third-order valence-corrected chi connectivity index (χ3v) is 14.2. The van der Waals surface area contributed by atoms with Crippen LogP contribution >= 0.6 is 0 Å². The first-order valence-electron chi connectivity index (χ1n) is 22.5. The Bertz CT molecular complexity index is 3230. The summed E-state index contributed by atoms with van der Waals surface area (Å²) < 4.78 is 5.03. The lowest BCUT2D eigenvalue weighted by Gasteiger charge is -2.35. The molecule has 13 rings (SSSR count). The van der Waals surface area contributed by atoms with Crippen molar-refractivity contribution in [3.8, 4) is 44.8 Å². The summed E-state index contributed by atoms with van der Waals surface area (Å²) in [5, 5.41) is 2.70. The summed E-state index contributed by atoms with van der Waals surface area (Å²) in [7, 11) is 0. The minimum Gasteiger partial charge on any atom is -0.310 e. The van der Waals surface area contributed by atoms with Gasteiger partial charge in [-0.1, -0.05) is 170 Å². The van der Waals surface area contributed by atoms with Crippen LogP contribution in [0.15, 0.2) is 206 Å². The normalized spacial score (nSPS) is 14.4. The van der Waals surface area contributed by atoms with Crippen molar-refractivity contribution in [2.45, 2.75) is 31.1 Å². The summed E-state index contributed by atoms with van der Waals surface area (Å²) in [5.74, 6) is 0. The van der Waals surface area contributed by atoms with Crippen LogP contribution in [0.4, 0.5) is 0 Å². The van der Waals surface area contributed by atoms with Gasteiger partial charge in [0, 0.05) is 33.5 Å². The van der Waals surface area contributed by atoms with Crippen molar-refractivity contribution in [2.75, 3.05) is 0 Å². The number of aryl methyl sites for hydroxylation is 2. The van der Waals surface area contributed by atoms with Crippen LogP contribution < -0.4 is 0 Å². The summed E-state index contributed by atoms with van der Waals surface area (Å²) in [4.78, 5) is 0. The Labute approximate surface area is 368 Å². The van der Waals surface area contributed by atoms with Crippen LogP contribution in [0.5, 0.6) is 0 Å². The highest BCUT2D eigenvalue weighted by Crippen LogP contribution is 2.58. The van der Waals surface area contributed by atoms with E-state index in [-0.39, 0.29) is 0 Å². The van der Waals surface area contributed by atoms with E-state index in [1.807, 2.05) is 0 Å². The summed E-state index contributed by atoms with van der Waals surface area (Å²) >= 11 is 0. The zero-order valence-electron chi connectivity index (χ0n) is 35.0. The molecule has 0 N–H and O–H groups in total. The van der Waals surface area contributed by atoms with Crippen LogP contribution in [-0.4, -0.2) is 9.13 Å². The largest absolute Gasteiger partial charge is 0.310 e. The monoisotopic (exact) mass is 804 g/mol. The Morgan fingerprint density at radius 2 is 0.762 bits per heavy atom. The molecule has 0 aliphatic heterocycles. The molecule has 2 heteroatoms. The zero-order valence-corrected chi connectivity index (χ0v) is 35.0. The number of para-hydroxylation sites is 2. The second-order valence-corrected chi connectivity index (χ2v) is 17.4. The fourth-order valence-corrected chi connectivity index (χ4v) is 11.4. The first-order chi connectivity index (χ1) is 31.3. The van der Waals surface area contributed by atoms with Gasteiger partial charge < -0.3 is 9.13 Å². The fourth-order valence-electron chi connectivity index (χ4n) is 11.4. The Kier molecular flexibility index (Phi) is 8.11. The molecule has 298 valence electrons. The van der Waals surface area contributed by atoms with Crippen LogP contribution in [0.25, 0.3) is 78.7 Å². The van der Waals surface area contributed by atoms with Crippen molar-refractivity contribution in [2.24, 2.45) is 0 Å². The topological polar surface area (TPSA) is 9.86 Å². The van der Waals surface area contributed by atoms with E-state index in [4.69, 9.17) is 0 Å². The predicted octanol–water partition coefficient (Wildman–Crippen LogP) is 15.2. The smallest absolute Gasteiger partial charge is 0.0715 e. The van der Waals surface area contributed by atoms with Crippen molar-refractivity contribution in [1.29, 1.82) is 0 Å². The van der Waals surface area contributed by atoms with Crippen LogP contribution in [0, 0.1) is 0 Å². The van der Waals surface area contributed by atoms with Crippen molar-refractivity contribution in [3.05, 3.63) is 251 Å². The Morgan fingerprint density at radius 3 is 1.21 bits per heavy atom. The van der Waals surface area contributed by atoms with Gasteiger partial charge in [-0.05, 0) is 141 Å². The lowest BCUT2D eigenvalue weighted by atomic mass is 9.67. The molecule has 10 aromatic rings. The van der Waals surface area contributed by atoms with Gasteiger partial charge in [0.15, 0.2) is 0 Å². The molecule has 2 nitrogen and oxygen atoms in total. The van der Waals surface area contributed by atoms with Gasteiger partial charge in [0.25, 0.3) is 0 Å². The van der Waals surface area contributed by atoms with E-state index in [0.29, 0.717) is 0 Å². The molecule has 0 amide bonds. The quantitative estimate of drug-likeness (QED) is 0.158. The fraction of sp³-hybridized carbons (Fsp3) is 0.0820. The second kappa shape index (κ2) is 14.2. The number of nitrogens with zero attached hydrogens (tertiary/aromatic N) is 2. The maximum absolute atomic E-state index is 2.52. The van der Waals surface area contributed by atoms with Gasteiger partial charge in [0.05, 0.1) is 16.4 Å². The minimum atomic E-state index is -0.640. The average Bonchev–Trinajstić information content (AvgIpc) is 3.98. The van der Waals surface area contributed by atoms with E-state index >= 15 is 0 Å². The standard InChI is InChI=1S/C61H44N2/c1-3-15-41(16-4-1)43-27-31-45(32-28-43)61(46-33-29-44(30-34-46)42-17-5-2-6-18-42)55-39-47(62-57-23-11-7-19-51(57)52-20-8-12-24-58(52)62)35-37-49(55)50-38-36-48(40-56(50)61)63-59-25-13-9-21-53(59)54-22-10-14-26-60(54)63/h1-7,9,11-19,21,23-40H,8,10,20,22H2. The molecule has 0 radical (unpaired) electrons. The van der Waals surface area contributed by atoms with Gasteiger partial charge in [-0.2, -0.15) is 0 Å². The van der Waals surface area contributed by atoms with E-state index in [0.717, 1.165) is 25.7 Å². The molecule has 0 saturated carbocycles. The van der Waals surface area contributed by atoms with Gasteiger partial charge in [0.1, 0.15) is 0 Å². The van der Waals surface area contributed by atoms with E-state index in [9.17, 15) is 0 Å². The number of allylic oxidation sites excluding steroid dienone is 2. The molecule has 63 heavy (non-hydrogen) atoms. The maximum Gasteiger partial charge on any atom is 0.0715 e. The average molecular weight is 805 g/mol. The van der Waals surface area contributed by atoms with E-state index in [1.165, 1.54) is 111 Å². The summed E-state index contributed by atoms with van der Waals surface area (Å²) in [6.45, 7) is 0. The Hall–Kier alpha value is -7.68. The third kappa shape index (κ3) is 5.38. The Balaban J connectivity index is 1.11. The first kappa shape index (κ1) is 36.0. The molecule has 2 heterocycles. The molecule has 0 saturated heterocycles. The second-order valence-electron chi connectivity index (χ2n) is 17.4. The van der Waals surface area contributed by atoms with Crippen LogP contribution in [-0.2, 0) is 18.3 Å². The van der Waals surface area contributed by atoms with Crippen LogP contribution in [0.2, 0.25) is 0 Å². The summed E-state index contributed by atoms with van der Waals surface area (Å²) in [6.07, 6.45) is 13.6.